The molecule has 1 fully saturated rings. The van der Waals surface area contributed by atoms with E-state index in [0.717, 1.165) is 42.7 Å². The molecule has 0 N–H and O–H groups in total. The van der Waals surface area contributed by atoms with Gasteiger partial charge in [-0.25, -0.2) is 4.98 Å². The number of para-hydroxylation sites is 1. The largest absolute Gasteiger partial charge is 0.268 e. The average Bonchev–Trinajstić information content (AvgIpc) is 2.63. The second-order valence-electron chi connectivity index (χ2n) is 6.87. The summed E-state index contributed by atoms with van der Waals surface area (Å²) in [5.41, 5.74) is 2.76. The molecule has 1 aromatic heterocycles. The van der Waals surface area contributed by atoms with Crippen LogP contribution < -0.4 is 5.56 Å². The summed E-state index contributed by atoms with van der Waals surface area (Å²) in [6.45, 7) is 2.04. The number of hydrogen-bond donors (Lipinski definition) is 0. The van der Waals surface area contributed by atoms with Gasteiger partial charge in [0.05, 0.1) is 16.6 Å². The topological polar surface area (TPSA) is 34.9 Å². The van der Waals surface area contributed by atoms with Crippen LogP contribution in [-0.2, 0) is 0 Å². The molecule has 2 atom stereocenters. The monoisotopic (exact) mass is 352 g/mol. The van der Waals surface area contributed by atoms with Crippen molar-refractivity contribution in [3.05, 3.63) is 70.3 Å². The molecule has 2 aromatic carbocycles. The molecule has 3 aromatic rings. The van der Waals surface area contributed by atoms with Crippen molar-refractivity contribution in [3.8, 4) is 5.69 Å². The van der Waals surface area contributed by atoms with E-state index >= 15 is 0 Å². The van der Waals surface area contributed by atoms with Gasteiger partial charge >= 0.3 is 0 Å². The first kappa shape index (κ1) is 16.3. The number of aryl methyl sites for hydroxylation is 1. The number of fused-ring (bicyclic) bond motifs is 1. The zero-order chi connectivity index (χ0) is 17.4. The third-order valence-electron chi connectivity index (χ3n) is 5.11. The summed E-state index contributed by atoms with van der Waals surface area (Å²) in [7, 11) is 0. The Labute approximate surface area is 152 Å². The van der Waals surface area contributed by atoms with Gasteiger partial charge in [0, 0.05) is 11.3 Å². The van der Waals surface area contributed by atoms with E-state index in [2.05, 4.69) is 0 Å². The average molecular weight is 353 g/mol. The molecule has 25 heavy (non-hydrogen) atoms. The Balaban J connectivity index is 2.00. The summed E-state index contributed by atoms with van der Waals surface area (Å²) >= 11 is 6.65. The van der Waals surface area contributed by atoms with Crippen molar-refractivity contribution < 1.29 is 0 Å². The van der Waals surface area contributed by atoms with Crippen LogP contribution in [0, 0.1) is 6.92 Å². The maximum atomic E-state index is 13.3. The molecular formula is C21H21ClN2O. The third-order valence-corrected chi connectivity index (χ3v) is 5.63. The van der Waals surface area contributed by atoms with Crippen molar-refractivity contribution in [3.63, 3.8) is 0 Å². The number of aromatic nitrogens is 2. The van der Waals surface area contributed by atoms with Gasteiger partial charge < -0.3 is 0 Å². The van der Waals surface area contributed by atoms with E-state index in [0.29, 0.717) is 5.39 Å². The summed E-state index contributed by atoms with van der Waals surface area (Å²) < 4.78 is 1.77. The molecule has 1 aliphatic rings. The molecule has 0 amide bonds. The summed E-state index contributed by atoms with van der Waals surface area (Å²) in [5.74, 6) is 0.904. The van der Waals surface area contributed by atoms with Crippen LogP contribution in [0.5, 0.6) is 0 Å². The van der Waals surface area contributed by atoms with E-state index < -0.39 is 0 Å². The Kier molecular flexibility index (Phi) is 4.34. The molecule has 0 unspecified atom stereocenters. The fraction of sp³-hybridized carbons (Fsp3) is 0.333. The standard InChI is InChI=1S/C21H21ClN2O/c1-14-10-12-15(13-11-14)24-20(16-6-2-4-8-18(16)22)23-19-9-5-3-7-17(19)21(24)25/h3,5,7,9-13,16,18H,2,4,6,8H2,1H3/t16-,18+/m0/s1. The van der Waals surface area contributed by atoms with Crippen LogP contribution in [0.1, 0.15) is 43.0 Å². The summed E-state index contributed by atoms with van der Waals surface area (Å²) in [5, 5.41) is 0.673. The summed E-state index contributed by atoms with van der Waals surface area (Å²) in [6.07, 6.45) is 4.23. The second kappa shape index (κ2) is 6.64. The molecule has 1 saturated carbocycles. The fourth-order valence-electron chi connectivity index (χ4n) is 3.72. The first-order valence-corrected chi connectivity index (χ1v) is 9.31. The Bertz CT molecular complexity index is 962. The number of hydrogen-bond acceptors (Lipinski definition) is 2. The molecule has 0 spiro atoms. The molecule has 1 heterocycles. The quantitative estimate of drug-likeness (QED) is 0.611. The molecule has 0 saturated heterocycles. The SMILES string of the molecule is Cc1ccc(-n2c([C@H]3CCCC[C@H]3Cl)nc3ccccc3c2=O)cc1. The van der Waals surface area contributed by atoms with E-state index in [1.54, 1.807) is 4.57 Å². The van der Waals surface area contributed by atoms with Gasteiger partial charge in [-0.05, 0) is 44.0 Å². The third kappa shape index (κ3) is 2.98. The van der Waals surface area contributed by atoms with E-state index in [1.165, 1.54) is 5.56 Å². The first-order chi connectivity index (χ1) is 12.1. The van der Waals surface area contributed by atoms with Crippen molar-refractivity contribution in [1.82, 2.24) is 9.55 Å². The lowest BCUT2D eigenvalue weighted by Gasteiger charge is -2.28. The van der Waals surface area contributed by atoms with Crippen LogP contribution in [0.3, 0.4) is 0 Å². The van der Waals surface area contributed by atoms with E-state index in [9.17, 15) is 4.79 Å². The Morgan fingerprint density at radius 1 is 1.04 bits per heavy atom. The van der Waals surface area contributed by atoms with Crippen molar-refractivity contribution in [1.29, 1.82) is 0 Å². The zero-order valence-electron chi connectivity index (χ0n) is 14.3. The molecule has 1 aliphatic carbocycles. The van der Waals surface area contributed by atoms with E-state index in [4.69, 9.17) is 16.6 Å². The predicted octanol–water partition coefficient (Wildman–Crippen LogP) is 4.96. The molecule has 0 aliphatic heterocycles. The summed E-state index contributed by atoms with van der Waals surface area (Å²) in [6, 6.07) is 15.6. The van der Waals surface area contributed by atoms with E-state index in [1.807, 2.05) is 55.5 Å². The predicted molar refractivity (Wildman–Crippen MR) is 103 cm³/mol. The normalized spacial score (nSPS) is 20.7. The highest BCUT2D eigenvalue weighted by Gasteiger charge is 2.29. The fourth-order valence-corrected chi connectivity index (χ4v) is 4.11. The number of halogens is 1. The molecule has 0 bridgehead atoms. The highest BCUT2D eigenvalue weighted by atomic mass is 35.5. The van der Waals surface area contributed by atoms with Gasteiger partial charge in [0.25, 0.3) is 5.56 Å². The van der Waals surface area contributed by atoms with Gasteiger partial charge in [0.1, 0.15) is 5.82 Å². The molecule has 3 nitrogen and oxygen atoms in total. The van der Waals surface area contributed by atoms with Crippen molar-refractivity contribution >= 4 is 22.5 Å². The Morgan fingerprint density at radius 2 is 1.76 bits per heavy atom. The molecule has 0 radical (unpaired) electrons. The van der Waals surface area contributed by atoms with Gasteiger partial charge in [0.2, 0.25) is 0 Å². The van der Waals surface area contributed by atoms with Gasteiger partial charge in [-0.2, -0.15) is 0 Å². The molecule has 4 heteroatoms. The molecule has 128 valence electrons. The number of rotatable bonds is 2. The lowest BCUT2D eigenvalue weighted by molar-refractivity contribution is 0.429. The van der Waals surface area contributed by atoms with Gasteiger partial charge in [-0.3, -0.25) is 9.36 Å². The number of nitrogens with zero attached hydrogens (tertiary/aromatic N) is 2. The number of alkyl halides is 1. The van der Waals surface area contributed by atoms with Crippen LogP contribution >= 0.6 is 11.6 Å². The van der Waals surface area contributed by atoms with Crippen molar-refractivity contribution in [2.75, 3.05) is 0 Å². The minimum Gasteiger partial charge on any atom is -0.268 e. The minimum atomic E-state index is -0.0149. The van der Waals surface area contributed by atoms with Crippen LogP contribution in [0.25, 0.3) is 16.6 Å². The highest BCUT2D eigenvalue weighted by Crippen LogP contribution is 2.36. The maximum Gasteiger partial charge on any atom is 0.265 e. The van der Waals surface area contributed by atoms with Gasteiger partial charge in [0.15, 0.2) is 0 Å². The minimum absolute atomic E-state index is 0.0149. The van der Waals surface area contributed by atoms with E-state index in [-0.39, 0.29) is 16.9 Å². The molecule has 4 rings (SSSR count). The second-order valence-corrected chi connectivity index (χ2v) is 7.43. The molecular weight excluding hydrogens is 332 g/mol. The van der Waals surface area contributed by atoms with Crippen molar-refractivity contribution in [2.24, 2.45) is 0 Å². The van der Waals surface area contributed by atoms with Gasteiger partial charge in [-0.1, -0.05) is 42.7 Å². The lowest BCUT2D eigenvalue weighted by atomic mass is 9.87. The summed E-state index contributed by atoms with van der Waals surface area (Å²) in [4.78, 5) is 18.2. The smallest absolute Gasteiger partial charge is 0.265 e. The van der Waals surface area contributed by atoms with Gasteiger partial charge in [-0.15, -0.1) is 11.6 Å². The first-order valence-electron chi connectivity index (χ1n) is 8.88. The van der Waals surface area contributed by atoms with Crippen LogP contribution in [-0.4, -0.2) is 14.9 Å². The lowest BCUT2D eigenvalue weighted by Crippen LogP contribution is -2.30. The van der Waals surface area contributed by atoms with Crippen molar-refractivity contribution in [2.45, 2.75) is 43.9 Å². The van der Waals surface area contributed by atoms with Crippen LogP contribution in [0.2, 0.25) is 0 Å². The van der Waals surface area contributed by atoms with Crippen LogP contribution in [0.15, 0.2) is 53.3 Å². The van der Waals surface area contributed by atoms with Crippen LogP contribution in [0.4, 0.5) is 0 Å². The maximum absolute atomic E-state index is 13.3. The Hall–Kier alpha value is -2.13. The number of benzene rings is 2. The Morgan fingerprint density at radius 3 is 2.52 bits per heavy atom. The highest BCUT2D eigenvalue weighted by molar-refractivity contribution is 6.21. The zero-order valence-corrected chi connectivity index (χ0v) is 15.0.